The fourth-order valence-corrected chi connectivity index (χ4v) is 5.84. The van der Waals surface area contributed by atoms with E-state index in [0.29, 0.717) is 6.10 Å². The molecule has 0 aromatic heterocycles. The van der Waals surface area contributed by atoms with Crippen molar-refractivity contribution in [1.29, 1.82) is 0 Å². The van der Waals surface area contributed by atoms with E-state index in [1.165, 1.54) is 128 Å². The predicted molar refractivity (Wildman–Crippen MR) is 124 cm³/mol. The lowest BCUT2D eigenvalue weighted by molar-refractivity contribution is 0.00526. The summed E-state index contributed by atoms with van der Waals surface area (Å²) < 4.78 is 6.21. The van der Waals surface area contributed by atoms with Crippen molar-refractivity contribution in [2.24, 2.45) is 17.8 Å². The zero-order chi connectivity index (χ0) is 19.9. The molecular weight excluding hydrogens is 340 g/mol. The third kappa shape index (κ3) is 10.1. The molecule has 1 heteroatoms. The molecule has 2 fully saturated rings. The van der Waals surface area contributed by atoms with Crippen molar-refractivity contribution in [3.05, 3.63) is 0 Å². The van der Waals surface area contributed by atoms with Crippen molar-refractivity contribution in [1.82, 2.24) is 0 Å². The lowest BCUT2D eigenvalue weighted by atomic mass is 9.70. The van der Waals surface area contributed by atoms with Crippen LogP contribution in [-0.2, 0) is 4.74 Å². The maximum absolute atomic E-state index is 6.21. The lowest BCUT2D eigenvalue weighted by Gasteiger charge is -2.38. The van der Waals surface area contributed by atoms with Gasteiger partial charge in [0.2, 0.25) is 0 Å². The van der Waals surface area contributed by atoms with E-state index >= 15 is 0 Å². The molecule has 0 amide bonds. The van der Waals surface area contributed by atoms with E-state index in [4.69, 9.17) is 4.74 Å². The van der Waals surface area contributed by atoms with Gasteiger partial charge in [-0.2, -0.15) is 0 Å². The highest BCUT2D eigenvalue weighted by Gasteiger charge is 2.30. The molecule has 0 radical (unpaired) electrons. The quantitative estimate of drug-likeness (QED) is 0.252. The van der Waals surface area contributed by atoms with Crippen molar-refractivity contribution in [3.8, 4) is 0 Å². The Labute approximate surface area is 177 Å². The monoisotopic (exact) mass is 392 g/mol. The summed E-state index contributed by atoms with van der Waals surface area (Å²) in [7, 11) is 0. The first-order valence-electron chi connectivity index (χ1n) is 13.4. The highest BCUT2D eigenvalue weighted by molar-refractivity contribution is 4.82. The van der Waals surface area contributed by atoms with Gasteiger partial charge in [0.1, 0.15) is 0 Å². The molecule has 166 valence electrons. The Morgan fingerprint density at radius 3 is 1.64 bits per heavy atom. The summed E-state index contributed by atoms with van der Waals surface area (Å²) in [5.41, 5.74) is 0. The van der Waals surface area contributed by atoms with Gasteiger partial charge >= 0.3 is 0 Å². The SMILES string of the molecule is CCCCCCCCOC1CCC(C2CCC(CCCCCCC)CC2)CC1. The van der Waals surface area contributed by atoms with E-state index in [9.17, 15) is 0 Å². The molecule has 0 atom stereocenters. The van der Waals surface area contributed by atoms with Crippen LogP contribution in [0, 0.1) is 17.8 Å². The summed E-state index contributed by atoms with van der Waals surface area (Å²) in [4.78, 5) is 0. The van der Waals surface area contributed by atoms with Crippen molar-refractivity contribution in [2.75, 3.05) is 6.61 Å². The maximum Gasteiger partial charge on any atom is 0.0575 e. The molecule has 1 nitrogen and oxygen atoms in total. The Morgan fingerprint density at radius 1 is 0.536 bits per heavy atom. The average Bonchev–Trinajstić information content (AvgIpc) is 2.74. The fourth-order valence-electron chi connectivity index (χ4n) is 5.84. The van der Waals surface area contributed by atoms with E-state index < -0.39 is 0 Å². The van der Waals surface area contributed by atoms with Crippen molar-refractivity contribution < 1.29 is 4.74 Å². The van der Waals surface area contributed by atoms with Gasteiger partial charge < -0.3 is 4.74 Å². The van der Waals surface area contributed by atoms with Crippen LogP contribution in [-0.4, -0.2) is 12.7 Å². The number of unbranched alkanes of at least 4 members (excludes halogenated alkanes) is 9. The Bertz CT molecular complexity index is 336. The van der Waals surface area contributed by atoms with Gasteiger partial charge in [-0.3, -0.25) is 0 Å². The van der Waals surface area contributed by atoms with Crippen molar-refractivity contribution in [2.45, 2.75) is 148 Å². The van der Waals surface area contributed by atoms with Gasteiger partial charge in [-0.15, -0.1) is 0 Å². The van der Waals surface area contributed by atoms with E-state index in [2.05, 4.69) is 13.8 Å². The first-order valence-corrected chi connectivity index (χ1v) is 13.4. The first kappa shape index (κ1) is 24.2. The van der Waals surface area contributed by atoms with Gasteiger partial charge in [0, 0.05) is 6.61 Å². The van der Waals surface area contributed by atoms with Crippen LogP contribution in [0.1, 0.15) is 142 Å². The van der Waals surface area contributed by atoms with E-state index in [1.807, 2.05) is 0 Å². The minimum absolute atomic E-state index is 0.589. The van der Waals surface area contributed by atoms with Crippen LogP contribution in [0.2, 0.25) is 0 Å². The summed E-state index contributed by atoms with van der Waals surface area (Å²) in [5.74, 6) is 3.14. The predicted octanol–water partition coefficient (Wildman–Crippen LogP) is 9.09. The summed E-state index contributed by atoms with van der Waals surface area (Å²) in [6.45, 7) is 5.63. The van der Waals surface area contributed by atoms with E-state index in [0.717, 1.165) is 24.4 Å². The molecule has 0 aliphatic heterocycles. The topological polar surface area (TPSA) is 9.23 Å². The number of rotatable bonds is 15. The molecular formula is C27H52O. The second kappa shape index (κ2) is 15.8. The van der Waals surface area contributed by atoms with Gasteiger partial charge in [-0.25, -0.2) is 0 Å². The normalized spacial score (nSPS) is 28.5. The minimum Gasteiger partial charge on any atom is -0.378 e. The maximum atomic E-state index is 6.21. The molecule has 0 aromatic rings. The van der Waals surface area contributed by atoms with Crippen LogP contribution in [0.3, 0.4) is 0 Å². The highest BCUT2D eigenvalue weighted by atomic mass is 16.5. The van der Waals surface area contributed by atoms with Crippen LogP contribution >= 0.6 is 0 Å². The first-order chi connectivity index (χ1) is 13.8. The third-order valence-electron chi connectivity index (χ3n) is 7.84. The third-order valence-corrected chi connectivity index (χ3v) is 7.84. The number of ether oxygens (including phenoxy) is 1. The van der Waals surface area contributed by atoms with Crippen molar-refractivity contribution in [3.63, 3.8) is 0 Å². The van der Waals surface area contributed by atoms with Crippen LogP contribution in [0.5, 0.6) is 0 Å². The van der Waals surface area contributed by atoms with Gasteiger partial charge in [0.05, 0.1) is 6.10 Å². The molecule has 2 rings (SSSR count). The van der Waals surface area contributed by atoms with Gasteiger partial charge in [0.25, 0.3) is 0 Å². The smallest absolute Gasteiger partial charge is 0.0575 e. The number of hydrogen-bond acceptors (Lipinski definition) is 1. The van der Waals surface area contributed by atoms with Gasteiger partial charge in [0.15, 0.2) is 0 Å². The van der Waals surface area contributed by atoms with Crippen LogP contribution in [0.15, 0.2) is 0 Å². The zero-order valence-electron chi connectivity index (χ0n) is 19.6. The Balaban J connectivity index is 1.46. The van der Waals surface area contributed by atoms with Crippen molar-refractivity contribution >= 4 is 0 Å². The molecule has 28 heavy (non-hydrogen) atoms. The minimum atomic E-state index is 0.589. The Hall–Kier alpha value is -0.0400. The van der Waals surface area contributed by atoms with Gasteiger partial charge in [-0.1, -0.05) is 97.3 Å². The molecule has 0 N–H and O–H groups in total. The summed E-state index contributed by atoms with van der Waals surface area (Å²) in [6.07, 6.45) is 29.3. The fraction of sp³-hybridized carbons (Fsp3) is 1.00. The molecule has 0 aromatic carbocycles. The molecule has 0 unspecified atom stereocenters. The molecule has 0 saturated heterocycles. The molecule has 0 bridgehead atoms. The molecule has 2 aliphatic rings. The average molecular weight is 393 g/mol. The second-order valence-electron chi connectivity index (χ2n) is 10.2. The number of hydrogen-bond donors (Lipinski definition) is 0. The zero-order valence-corrected chi connectivity index (χ0v) is 19.6. The molecule has 2 aliphatic carbocycles. The second-order valence-corrected chi connectivity index (χ2v) is 10.2. The van der Waals surface area contributed by atoms with Crippen LogP contribution < -0.4 is 0 Å². The Kier molecular flexibility index (Phi) is 13.6. The van der Waals surface area contributed by atoms with E-state index in [1.54, 1.807) is 0 Å². The highest BCUT2D eigenvalue weighted by Crippen LogP contribution is 2.41. The van der Waals surface area contributed by atoms with Crippen LogP contribution in [0.25, 0.3) is 0 Å². The van der Waals surface area contributed by atoms with Gasteiger partial charge in [-0.05, 0) is 62.7 Å². The lowest BCUT2D eigenvalue weighted by Crippen LogP contribution is -2.28. The van der Waals surface area contributed by atoms with E-state index in [-0.39, 0.29) is 0 Å². The summed E-state index contributed by atoms with van der Waals surface area (Å²) in [6, 6.07) is 0. The molecule has 0 heterocycles. The summed E-state index contributed by atoms with van der Waals surface area (Å²) >= 11 is 0. The van der Waals surface area contributed by atoms with Crippen LogP contribution in [0.4, 0.5) is 0 Å². The Morgan fingerprint density at radius 2 is 1.04 bits per heavy atom. The molecule has 0 spiro atoms. The standard InChI is InChI=1S/C27H52O/c1-3-5-7-9-11-13-23-28-27-21-19-26(20-22-27)25-17-15-24(16-18-25)14-12-10-8-6-4-2/h24-27H,3-23H2,1-2H3. The summed E-state index contributed by atoms with van der Waals surface area (Å²) in [5, 5.41) is 0. The molecule has 2 saturated carbocycles. The largest absolute Gasteiger partial charge is 0.378 e.